The number of fused-ring (bicyclic) bond motifs is 3. The highest BCUT2D eigenvalue weighted by Gasteiger charge is 2.29. The zero-order valence-corrected chi connectivity index (χ0v) is 20.9. The first-order valence-corrected chi connectivity index (χ1v) is 12.6. The predicted octanol–water partition coefficient (Wildman–Crippen LogP) is 6.31. The molecule has 0 aliphatic carbocycles. The van der Waals surface area contributed by atoms with Crippen molar-refractivity contribution in [3.05, 3.63) is 68.6 Å². The van der Waals surface area contributed by atoms with Crippen molar-refractivity contribution in [2.45, 2.75) is 25.0 Å². The lowest BCUT2D eigenvalue weighted by Crippen LogP contribution is -2.06. The van der Waals surface area contributed by atoms with Gasteiger partial charge >= 0.3 is 5.97 Å². The second-order valence-electron chi connectivity index (χ2n) is 7.32. The van der Waals surface area contributed by atoms with Crippen LogP contribution in [0.4, 0.5) is 0 Å². The standard InChI is InChI=1S/C24H20BrNO4S2/c1-4-30-23(29)18-17-11-13(2)9-10-26(17)20-19(18)22(32-24(20)31-12-14(3)27)21(28)15-5-7-16(25)8-6-15/h5-11H,4,12H2,1-3H3. The van der Waals surface area contributed by atoms with Crippen LogP contribution in [-0.2, 0) is 9.53 Å². The van der Waals surface area contributed by atoms with Crippen molar-refractivity contribution in [1.82, 2.24) is 4.40 Å². The van der Waals surface area contributed by atoms with Crippen LogP contribution < -0.4 is 0 Å². The Morgan fingerprint density at radius 3 is 2.53 bits per heavy atom. The summed E-state index contributed by atoms with van der Waals surface area (Å²) in [6.07, 6.45) is 1.90. The molecule has 0 saturated heterocycles. The predicted molar refractivity (Wildman–Crippen MR) is 132 cm³/mol. The van der Waals surface area contributed by atoms with Crippen molar-refractivity contribution in [2.24, 2.45) is 0 Å². The Bertz CT molecular complexity index is 1370. The number of carbonyl (C=O) groups excluding carboxylic acids is 3. The number of nitrogens with zero attached hydrogens (tertiary/aromatic N) is 1. The molecular weight excluding hydrogens is 510 g/mol. The van der Waals surface area contributed by atoms with Crippen LogP contribution in [0.3, 0.4) is 0 Å². The van der Waals surface area contributed by atoms with E-state index in [-0.39, 0.29) is 23.9 Å². The fourth-order valence-electron chi connectivity index (χ4n) is 3.54. The molecule has 0 N–H and O–H groups in total. The molecule has 0 saturated carbocycles. The number of ketones is 2. The van der Waals surface area contributed by atoms with Crippen molar-refractivity contribution in [3.63, 3.8) is 0 Å². The number of aryl methyl sites for hydroxylation is 1. The molecule has 3 heterocycles. The maximum atomic E-state index is 13.6. The second kappa shape index (κ2) is 9.21. The van der Waals surface area contributed by atoms with Gasteiger partial charge in [0, 0.05) is 21.6 Å². The molecule has 5 nitrogen and oxygen atoms in total. The molecule has 4 aromatic rings. The second-order valence-corrected chi connectivity index (χ2v) is 10.5. The summed E-state index contributed by atoms with van der Waals surface area (Å²) < 4.78 is 9.00. The minimum absolute atomic E-state index is 0.0414. The first kappa shape index (κ1) is 22.8. The van der Waals surface area contributed by atoms with Gasteiger partial charge in [0.2, 0.25) is 5.78 Å². The Kier molecular flexibility index (Phi) is 6.55. The Labute approximate surface area is 201 Å². The summed E-state index contributed by atoms with van der Waals surface area (Å²) in [6, 6.07) is 11.0. The number of aromatic nitrogens is 1. The molecule has 4 rings (SSSR count). The van der Waals surface area contributed by atoms with Crippen molar-refractivity contribution in [3.8, 4) is 0 Å². The topological polar surface area (TPSA) is 64.9 Å². The number of Topliss-reactive ketones (excluding diaryl/α,β-unsaturated/α-hetero) is 1. The van der Waals surface area contributed by atoms with E-state index in [1.54, 1.807) is 19.1 Å². The maximum Gasteiger partial charge on any atom is 0.341 e. The van der Waals surface area contributed by atoms with Gasteiger partial charge < -0.3 is 9.14 Å². The summed E-state index contributed by atoms with van der Waals surface area (Å²) in [6.45, 7) is 5.48. The van der Waals surface area contributed by atoms with Crippen molar-refractivity contribution in [1.29, 1.82) is 0 Å². The number of carbonyl (C=O) groups is 3. The average Bonchev–Trinajstić information content (AvgIpc) is 3.27. The smallest absolute Gasteiger partial charge is 0.341 e. The van der Waals surface area contributed by atoms with Crippen LogP contribution in [0.2, 0.25) is 0 Å². The van der Waals surface area contributed by atoms with Crippen LogP contribution in [0.5, 0.6) is 0 Å². The largest absolute Gasteiger partial charge is 0.462 e. The van der Waals surface area contributed by atoms with E-state index in [2.05, 4.69) is 15.9 Å². The number of halogens is 1. The lowest BCUT2D eigenvalue weighted by Gasteiger charge is -2.05. The molecule has 0 spiro atoms. The number of pyridine rings is 1. The SMILES string of the molecule is CCOC(=O)c1c2c(C(=O)c3ccc(Br)cc3)sc(SCC(C)=O)c2n2ccc(C)cc12. The van der Waals surface area contributed by atoms with Gasteiger partial charge in [-0.05, 0) is 62.7 Å². The van der Waals surface area contributed by atoms with E-state index in [4.69, 9.17) is 4.74 Å². The van der Waals surface area contributed by atoms with Crippen LogP contribution in [0, 0.1) is 6.92 Å². The molecule has 164 valence electrons. The quantitative estimate of drug-likeness (QED) is 0.159. The number of benzene rings is 1. The van der Waals surface area contributed by atoms with Gasteiger partial charge in [0.15, 0.2) is 0 Å². The summed E-state index contributed by atoms with van der Waals surface area (Å²) in [4.78, 5) is 38.8. The van der Waals surface area contributed by atoms with Crippen LogP contribution in [0.15, 0.2) is 51.3 Å². The van der Waals surface area contributed by atoms with Gasteiger partial charge in [-0.2, -0.15) is 0 Å². The van der Waals surface area contributed by atoms with Crippen LogP contribution in [0.25, 0.3) is 16.4 Å². The Balaban J connectivity index is 2.05. The van der Waals surface area contributed by atoms with Gasteiger partial charge in [0.1, 0.15) is 5.78 Å². The molecule has 0 bridgehead atoms. The highest BCUT2D eigenvalue weighted by molar-refractivity contribution is 9.10. The van der Waals surface area contributed by atoms with Crippen molar-refractivity contribution < 1.29 is 19.1 Å². The van der Waals surface area contributed by atoms with E-state index in [0.717, 1.165) is 19.8 Å². The van der Waals surface area contributed by atoms with Crippen LogP contribution >= 0.6 is 39.0 Å². The lowest BCUT2D eigenvalue weighted by molar-refractivity contribution is -0.114. The maximum absolute atomic E-state index is 13.6. The molecule has 0 unspecified atom stereocenters. The van der Waals surface area contributed by atoms with Crippen molar-refractivity contribution in [2.75, 3.05) is 12.4 Å². The van der Waals surface area contributed by atoms with E-state index < -0.39 is 5.97 Å². The van der Waals surface area contributed by atoms with E-state index in [1.807, 2.05) is 41.8 Å². The molecule has 0 radical (unpaired) electrons. The van der Waals surface area contributed by atoms with Gasteiger partial charge in [-0.1, -0.05) is 15.9 Å². The monoisotopic (exact) mass is 529 g/mol. The number of esters is 1. The number of thiophene rings is 1. The zero-order valence-electron chi connectivity index (χ0n) is 17.7. The summed E-state index contributed by atoms with van der Waals surface area (Å²) in [5.74, 6) is -0.300. The molecular formula is C24H20BrNO4S2. The number of hydrogen-bond acceptors (Lipinski definition) is 6. The van der Waals surface area contributed by atoms with Gasteiger partial charge in [-0.25, -0.2) is 4.79 Å². The van der Waals surface area contributed by atoms with Gasteiger partial charge in [-0.3, -0.25) is 9.59 Å². The van der Waals surface area contributed by atoms with Crippen molar-refractivity contribution >= 4 is 73.0 Å². The molecule has 32 heavy (non-hydrogen) atoms. The third-order valence-electron chi connectivity index (χ3n) is 4.91. The lowest BCUT2D eigenvalue weighted by atomic mass is 10.1. The number of hydrogen-bond donors (Lipinski definition) is 0. The number of thioether (sulfide) groups is 1. The van der Waals surface area contributed by atoms with E-state index in [9.17, 15) is 14.4 Å². The van der Waals surface area contributed by atoms with Crippen LogP contribution in [-0.4, -0.2) is 34.3 Å². The van der Waals surface area contributed by atoms with E-state index in [1.165, 1.54) is 30.0 Å². The average molecular weight is 530 g/mol. The first-order valence-electron chi connectivity index (χ1n) is 9.98. The molecule has 0 atom stereocenters. The fourth-order valence-corrected chi connectivity index (χ4v) is 6.13. The third kappa shape index (κ3) is 4.14. The Morgan fingerprint density at radius 2 is 1.88 bits per heavy atom. The Hall–Kier alpha value is -2.42. The van der Waals surface area contributed by atoms with E-state index in [0.29, 0.717) is 26.9 Å². The van der Waals surface area contributed by atoms with E-state index >= 15 is 0 Å². The summed E-state index contributed by atoms with van der Waals surface area (Å²) in [5, 5.41) is 0.582. The van der Waals surface area contributed by atoms with Gasteiger partial charge in [0.25, 0.3) is 0 Å². The summed E-state index contributed by atoms with van der Waals surface area (Å²) in [7, 11) is 0. The normalized spacial score (nSPS) is 11.2. The minimum atomic E-state index is -0.462. The molecule has 0 aliphatic heterocycles. The Morgan fingerprint density at radius 1 is 1.16 bits per heavy atom. The molecule has 8 heteroatoms. The molecule has 0 fully saturated rings. The zero-order chi connectivity index (χ0) is 23.0. The fraction of sp³-hybridized carbons (Fsp3) is 0.208. The molecule has 1 aromatic carbocycles. The molecule has 0 amide bonds. The molecule has 3 aromatic heterocycles. The highest BCUT2D eigenvalue weighted by atomic mass is 79.9. The summed E-state index contributed by atoms with van der Waals surface area (Å²) in [5.41, 5.74) is 3.36. The van der Waals surface area contributed by atoms with Gasteiger partial charge in [0.05, 0.1) is 38.0 Å². The first-order chi connectivity index (χ1) is 15.3. The minimum Gasteiger partial charge on any atom is -0.462 e. The molecule has 0 aliphatic rings. The number of ether oxygens (including phenoxy) is 1. The number of rotatable bonds is 7. The summed E-state index contributed by atoms with van der Waals surface area (Å²) >= 11 is 6.10. The van der Waals surface area contributed by atoms with Gasteiger partial charge in [-0.15, -0.1) is 23.1 Å². The third-order valence-corrected chi connectivity index (χ3v) is 8.02. The van der Waals surface area contributed by atoms with Crippen LogP contribution in [0.1, 0.15) is 45.0 Å². The highest BCUT2D eigenvalue weighted by Crippen LogP contribution is 2.44.